The largest absolute Gasteiger partial charge is 0.393 e. The molecule has 0 spiro atoms. The fourth-order valence-corrected chi connectivity index (χ4v) is 9.72. The van der Waals surface area contributed by atoms with Crippen molar-refractivity contribution in [3.63, 3.8) is 0 Å². The Bertz CT molecular complexity index is 1030. The number of carbonyl (C=O) groups excluding carboxylic acids is 1. The second-order valence-corrected chi connectivity index (χ2v) is 14.6. The molecular formula is C28H45NO7S. The maximum absolute atomic E-state index is 12.3. The molecule has 1 amide bonds. The maximum Gasteiger partial charge on any atom is 0.266 e. The number of aliphatic hydroxyl groups is 3. The van der Waals surface area contributed by atoms with Crippen LogP contribution in [0.3, 0.4) is 0 Å². The van der Waals surface area contributed by atoms with Crippen molar-refractivity contribution in [3.05, 3.63) is 0 Å². The van der Waals surface area contributed by atoms with E-state index in [2.05, 4.69) is 32.0 Å². The highest BCUT2D eigenvalue weighted by atomic mass is 32.2. The van der Waals surface area contributed by atoms with E-state index in [4.69, 9.17) is 11.0 Å². The van der Waals surface area contributed by atoms with Crippen LogP contribution < -0.4 is 5.32 Å². The fourth-order valence-electron chi connectivity index (χ4n) is 9.36. The van der Waals surface area contributed by atoms with E-state index in [1.165, 1.54) is 0 Å². The lowest BCUT2D eigenvalue weighted by Crippen LogP contribution is -2.66. The molecule has 210 valence electrons. The van der Waals surface area contributed by atoms with Crippen LogP contribution in [0.5, 0.6) is 0 Å². The molecule has 11 atom stereocenters. The van der Waals surface area contributed by atoms with Gasteiger partial charge in [-0.1, -0.05) is 26.7 Å². The first-order valence-corrected chi connectivity index (χ1v) is 15.6. The Balaban J connectivity index is 1.52. The van der Waals surface area contributed by atoms with E-state index in [0.717, 1.165) is 25.7 Å². The Labute approximate surface area is 221 Å². The zero-order valence-corrected chi connectivity index (χ0v) is 23.2. The number of nitrogens with one attached hydrogen (secondary N) is 1. The standard InChI is InChI=1S/C28H45NO7S/c1-5-28(33)16-22-25(23(31)15-18-14-19(30)10-11-26(18,22)3)21-8-7-20(27(21,28)4)17(2)6-9-24(32)29-12-13-37(34,35)36/h1,17-23,25,30-31,33H,6-16H2,2-4H3,(H,29,32)(H,34,35,36)/t17-,18+,19-,20-,21+,22+,23-,25+,26+,27-,28?/m1/s1. The van der Waals surface area contributed by atoms with Crippen LogP contribution in [0.2, 0.25) is 0 Å². The quantitative estimate of drug-likeness (QED) is 0.247. The van der Waals surface area contributed by atoms with Crippen molar-refractivity contribution in [3.8, 4) is 12.3 Å². The Kier molecular flexibility index (Phi) is 7.86. The molecule has 8 nitrogen and oxygen atoms in total. The van der Waals surface area contributed by atoms with E-state index in [1.807, 2.05) is 0 Å². The van der Waals surface area contributed by atoms with Crippen LogP contribution in [-0.4, -0.2) is 64.3 Å². The maximum atomic E-state index is 12.3. The monoisotopic (exact) mass is 539 g/mol. The number of carbonyl (C=O) groups is 1. The normalized spacial score (nSPS) is 46.2. The first-order chi connectivity index (χ1) is 17.2. The van der Waals surface area contributed by atoms with E-state index >= 15 is 0 Å². The van der Waals surface area contributed by atoms with Gasteiger partial charge in [0.25, 0.3) is 10.1 Å². The van der Waals surface area contributed by atoms with Gasteiger partial charge in [0.1, 0.15) is 5.60 Å². The van der Waals surface area contributed by atoms with Gasteiger partial charge >= 0.3 is 0 Å². The number of hydrogen-bond acceptors (Lipinski definition) is 6. The van der Waals surface area contributed by atoms with Gasteiger partial charge in [-0.25, -0.2) is 0 Å². The van der Waals surface area contributed by atoms with Crippen LogP contribution in [-0.2, 0) is 14.9 Å². The summed E-state index contributed by atoms with van der Waals surface area (Å²) in [6, 6.07) is 0. The van der Waals surface area contributed by atoms with E-state index in [-0.39, 0.29) is 65.9 Å². The molecule has 0 radical (unpaired) electrons. The predicted molar refractivity (Wildman–Crippen MR) is 140 cm³/mol. The van der Waals surface area contributed by atoms with Crippen LogP contribution in [0.15, 0.2) is 0 Å². The average molecular weight is 540 g/mol. The van der Waals surface area contributed by atoms with Gasteiger partial charge in [-0.2, -0.15) is 8.42 Å². The minimum Gasteiger partial charge on any atom is -0.393 e. The summed E-state index contributed by atoms with van der Waals surface area (Å²) in [6.07, 6.45) is 11.3. The number of fused-ring (bicyclic) bond motifs is 5. The summed E-state index contributed by atoms with van der Waals surface area (Å²) < 4.78 is 30.6. The predicted octanol–water partition coefficient (Wildman–Crippen LogP) is 2.37. The topological polar surface area (TPSA) is 144 Å². The fraction of sp³-hybridized carbons (Fsp3) is 0.893. The van der Waals surface area contributed by atoms with Gasteiger partial charge in [-0.3, -0.25) is 9.35 Å². The molecule has 0 aliphatic heterocycles. The van der Waals surface area contributed by atoms with Gasteiger partial charge in [0.05, 0.1) is 18.0 Å². The van der Waals surface area contributed by atoms with Gasteiger partial charge < -0.3 is 20.6 Å². The zero-order valence-electron chi connectivity index (χ0n) is 22.4. The molecule has 4 saturated carbocycles. The highest BCUT2D eigenvalue weighted by Gasteiger charge is 2.70. The van der Waals surface area contributed by atoms with Gasteiger partial charge in [-0.05, 0) is 92.3 Å². The second kappa shape index (κ2) is 10.1. The Morgan fingerprint density at radius 1 is 1.16 bits per heavy atom. The lowest BCUT2D eigenvalue weighted by molar-refractivity contribution is -0.227. The SMILES string of the molecule is C#CC1(O)C[C@H]2[C@@H]([C@H](O)C[C@@H]3C[C@H](O)CC[C@@]32C)[C@@H]2CC[C@H]([C@H](C)CCC(=O)NCCS(=O)(=O)O)[C@]21C. The summed E-state index contributed by atoms with van der Waals surface area (Å²) >= 11 is 0. The molecule has 1 unspecified atom stereocenters. The average Bonchev–Trinajstić information content (AvgIpc) is 3.17. The molecular weight excluding hydrogens is 494 g/mol. The van der Waals surface area contributed by atoms with Crippen LogP contribution >= 0.6 is 0 Å². The molecule has 0 saturated heterocycles. The van der Waals surface area contributed by atoms with Crippen molar-refractivity contribution in [1.29, 1.82) is 0 Å². The molecule has 9 heteroatoms. The third kappa shape index (κ3) is 4.98. The summed E-state index contributed by atoms with van der Waals surface area (Å²) in [4.78, 5) is 12.3. The summed E-state index contributed by atoms with van der Waals surface area (Å²) in [6.45, 7) is 6.33. The van der Waals surface area contributed by atoms with Gasteiger partial charge in [0.15, 0.2) is 0 Å². The van der Waals surface area contributed by atoms with E-state index in [9.17, 15) is 28.5 Å². The highest BCUT2D eigenvalue weighted by molar-refractivity contribution is 7.85. The molecule has 0 bridgehead atoms. The molecule has 4 fully saturated rings. The van der Waals surface area contributed by atoms with E-state index in [0.29, 0.717) is 25.7 Å². The molecule has 37 heavy (non-hydrogen) atoms. The minimum atomic E-state index is -4.12. The molecule has 0 aromatic rings. The minimum absolute atomic E-state index is 0.0519. The van der Waals surface area contributed by atoms with Gasteiger partial charge in [0, 0.05) is 18.4 Å². The van der Waals surface area contributed by atoms with Crippen molar-refractivity contribution in [2.24, 2.45) is 46.3 Å². The third-order valence-electron chi connectivity index (χ3n) is 11.4. The first kappa shape index (κ1) is 28.8. The van der Waals surface area contributed by atoms with Crippen LogP contribution in [0.25, 0.3) is 0 Å². The highest BCUT2D eigenvalue weighted by Crippen LogP contribution is 2.70. The second-order valence-electron chi connectivity index (χ2n) is 13.1. The molecule has 4 aliphatic carbocycles. The van der Waals surface area contributed by atoms with Crippen molar-refractivity contribution in [2.45, 2.75) is 96.4 Å². The Morgan fingerprint density at radius 3 is 2.51 bits per heavy atom. The third-order valence-corrected chi connectivity index (χ3v) is 12.1. The molecule has 5 N–H and O–H groups in total. The summed E-state index contributed by atoms with van der Waals surface area (Å²) in [5.41, 5.74) is -1.99. The van der Waals surface area contributed by atoms with Crippen molar-refractivity contribution >= 4 is 16.0 Å². The lowest BCUT2D eigenvalue weighted by Gasteiger charge is -2.65. The molecule has 0 aromatic carbocycles. The summed E-state index contributed by atoms with van der Waals surface area (Å²) in [5, 5.41) is 36.5. The van der Waals surface area contributed by atoms with Gasteiger partial charge in [-0.15, -0.1) is 6.42 Å². The number of hydrogen-bond donors (Lipinski definition) is 5. The van der Waals surface area contributed by atoms with Crippen molar-refractivity contribution in [2.75, 3.05) is 12.3 Å². The number of aliphatic hydroxyl groups excluding tert-OH is 2. The first-order valence-electron chi connectivity index (χ1n) is 13.9. The Morgan fingerprint density at radius 2 is 1.86 bits per heavy atom. The molecule has 4 aliphatic rings. The summed E-state index contributed by atoms with van der Waals surface area (Å²) in [7, 11) is -4.12. The van der Waals surface area contributed by atoms with Gasteiger partial charge in [0.2, 0.25) is 5.91 Å². The Hall–Kier alpha value is -1.18. The molecule has 4 rings (SSSR count). The van der Waals surface area contributed by atoms with E-state index < -0.39 is 33.0 Å². The number of amides is 1. The van der Waals surface area contributed by atoms with Crippen molar-refractivity contribution < 1.29 is 33.1 Å². The van der Waals surface area contributed by atoms with E-state index in [1.54, 1.807) is 0 Å². The number of terminal acetylenes is 1. The number of rotatable bonds is 7. The van der Waals surface area contributed by atoms with Crippen molar-refractivity contribution in [1.82, 2.24) is 5.32 Å². The summed E-state index contributed by atoms with van der Waals surface area (Å²) in [5.74, 6) is 2.63. The van der Waals surface area contributed by atoms with Crippen LogP contribution in [0, 0.1) is 58.7 Å². The lowest BCUT2D eigenvalue weighted by atomic mass is 9.40. The molecule has 0 aromatic heterocycles. The van der Waals surface area contributed by atoms with Crippen LogP contribution in [0.1, 0.15) is 78.6 Å². The molecule has 0 heterocycles. The smallest absolute Gasteiger partial charge is 0.266 e. The zero-order chi connectivity index (χ0) is 27.4. The van der Waals surface area contributed by atoms with Crippen LogP contribution in [0.4, 0.5) is 0 Å².